The van der Waals surface area contributed by atoms with E-state index in [2.05, 4.69) is 6.07 Å². The fraction of sp³-hybridized carbons (Fsp3) is 0.429. The number of nitrogens with zero attached hydrogens (tertiary/aromatic N) is 2. The van der Waals surface area contributed by atoms with E-state index in [-0.39, 0.29) is 10.7 Å². The standard InChI is InChI=1S/C14H15ClN2OS/c1-19-14(10-16)5-7-17(8-6-14)13(18)11-3-2-4-12(15)9-11/h2-4,9H,5-8H2,1H3. The minimum absolute atomic E-state index is 0.00450. The lowest BCUT2D eigenvalue weighted by molar-refractivity contribution is 0.0716. The van der Waals surface area contributed by atoms with E-state index in [0.29, 0.717) is 23.7 Å². The molecule has 1 heterocycles. The van der Waals surface area contributed by atoms with Crippen LogP contribution in [0.5, 0.6) is 0 Å². The molecule has 3 nitrogen and oxygen atoms in total. The average molecular weight is 295 g/mol. The maximum Gasteiger partial charge on any atom is 0.253 e. The lowest BCUT2D eigenvalue weighted by atomic mass is 9.96. The number of hydrogen-bond donors (Lipinski definition) is 0. The van der Waals surface area contributed by atoms with Crippen LogP contribution in [0.15, 0.2) is 24.3 Å². The summed E-state index contributed by atoms with van der Waals surface area (Å²) in [7, 11) is 0. The number of halogens is 1. The van der Waals surface area contributed by atoms with Crippen molar-refractivity contribution in [3.05, 3.63) is 34.9 Å². The van der Waals surface area contributed by atoms with Gasteiger partial charge in [-0.3, -0.25) is 4.79 Å². The summed E-state index contributed by atoms with van der Waals surface area (Å²) in [6.07, 6.45) is 3.39. The molecular weight excluding hydrogens is 280 g/mol. The number of carbonyl (C=O) groups excluding carboxylic acids is 1. The topological polar surface area (TPSA) is 44.1 Å². The van der Waals surface area contributed by atoms with Gasteiger partial charge in [0.05, 0.1) is 6.07 Å². The van der Waals surface area contributed by atoms with Crippen molar-refractivity contribution < 1.29 is 4.79 Å². The summed E-state index contributed by atoms with van der Waals surface area (Å²) in [5, 5.41) is 9.80. The van der Waals surface area contributed by atoms with E-state index in [1.165, 1.54) is 0 Å². The van der Waals surface area contributed by atoms with Crippen molar-refractivity contribution in [2.24, 2.45) is 0 Å². The van der Waals surface area contributed by atoms with Crippen molar-refractivity contribution in [3.63, 3.8) is 0 Å². The molecule has 0 aromatic heterocycles. The summed E-state index contributed by atoms with van der Waals surface area (Å²) in [6.45, 7) is 1.25. The highest BCUT2D eigenvalue weighted by molar-refractivity contribution is 8.00. The predicted octanol–water partition coefficient (Wildman–Crippen LogP) is 3.20. The molecule has 1 amide bonds. The van der Waals surface area contributed by atoms with Gasteiger partial charge in [0.2, 0.25) is 0 Å². The molecule has 0 radical (unpaired) electrons. The van der Waals surface area contributed by atoms with Crippen molar-refractivity contribution in [2.45, 2.75) is 17.6 Å². The van der Waals surface area contributed by atoms with Gasteiger partial charge in [-0.05, 0) is 37.3 Å². The van der Waals surface area contributed by atoms with E-state index in [1.807, 2.05) is 6.26 Å². The molecule has 100 valence electrons. The second-order valence-corrected chi connectivity index (χ2v) is 6.24. The van der Waals surface area contributed by atoms with Gasteiger partial charge >= 0.3 is 0 Å². The zero-order chi connectivity index (χ0) is 13.9. The first-order chi connectivity index (χ1) is 9.10. The van der Waals surface area contributed by atoms with E-state index < -0.39 is 0 Å². The molecular formula is C14H15ClN2OS. The number of amides is 1. The summed E-state index contributed by atoms with van der Waals surface area (Å²) >= 11 is 7.49. The first kappa shape index (κ1) is 14.2. The Labute approximate surface area is 122 Å². The van der Waals surface area contributed by atoms with Crippen LogP contribution in [0.1, 0.15) is 23.2 Å². The molecule has 5 heteroatoms. The first-order valence-corrected chi connectivity index (χ1v) is 7.72. The minimum Gasteiger partial charge on any atom is -0.338 e. The number of rotatable bonds is 2. The van der Waals surface area contributed by atoms with Gasteiger partial charge in [-0.25, -0.2) is 0 Å². The van der Waals surface area contributed by atoms with Crippen molar-refractivity contribution in [3.8, 4) is 6.07 Å². The summed E-state index contributed by atoms with van der Waals surface area (Å²) in [6, 6.07) is 9.37. The Balaban J connectivity index is 2.06. The lowest BCUT2D eigenvalue weighted by Crippen LogP contribution is -2.44. The summed E-state index contributed by atoms with van der Waals surface area (Å²) < 4.78 is -0.328. The zero-order valence-corrected chi connectivity index (χ0v) is 12.3. The number of likely N-dealkylation sites (tertiary alicyclic amines) is 1. The molecule has 0 unspecified atom stereocenters. The Hall–Kier alpha value is -1.18. The maximum absolute atomic E-state index is 12.3. The van der Waals surface area contributed by atoms with Crippen LogP contribution in [0.25, 0.3) is 0 Å². The highest BCUT2D eigenvalue weighted by Gasteiger charge is 2.35. The average Bonchev–Trinajstić information content (AvgIpc) is 2.46. The van der Waals surface area contributed by atoms with Gasteiger partial charge in [0.1, 0.15) is 4.75 Å². The van der Waals surface area contributed by atoms with Crippen molar-refractivity contribution in [1.82, 2.24) is 4.90 Å². The molecule has 1 aromatic carbocycles. The van der Waals surface area contributed by atoms with Gasteiger partial charge in [-0.15, -0.1) is 11.8 Å². The number of benzene rings is 1. The molecule has 1 fully saturated rings. The first-order valence-electron chi connectivity index (χ1n) is 6.11. The lowest BCUT2D eigenvalue weighted by Gasteiger charge is -2.36. The van der Waals surface area contributed by atoms with Crippen LogP contribution >= 0.6 is 23.4 Å². The molecule has 1 aliphatic heterocycles. The highest BCUT2D eigenvalue weighted by atomic mass is 35.5. The normalized spacial score (nSPS) is 17.8. The van der Waals surface area contributed by atoms with Crippen LogP contribution < -0.4 is 0 Å². The molecule has 0 aliphatic carbocycles. The third-order valence-electron chi connectivity index (χ3n) is 3.52. The maximum atomic E-state index is 12.3. The largest absolute Gasteiger partial charge is 0.338 e. The smallest absolute Gasteiger partial charge is 0.253 e. The van der Waals surface area contributed by atoms with E-state index >= 15 is 0 Å². The molecule has 0 saturated carbocycles. The van der Waals surface area contributed by atoms with Gasteiger partial charge < -0.3 is 4.90 Å². The quantitative estimate of drug-likeness (QED) is 0.841. The molecule has 0 N–H and O–H groups in total. The van der Waals surface area contributed by atoms with E-state index in [4.69, 9.17) is 11.6 Å². The van der Waals surface area contributed by atoms with E-state index in [9.17, 15) is 10.1 Å². The Morgan fingerprint density at radius 3 is 2.68 bits per heavy atom. The second-order valence-electron chi connectivity index (χ2n) is 4.61. The Morgan fingerprint density at radius 2 is 2.16 bits per heavy atom. The van der Waals surface area contributed by atoms with Crippen LogP contribution in [0.2, 0.25) is 5.02 Å². The number of piperidine rings is 1. The number of carbonyl (C=O) groups is 1. The fourth-order valence-electron chi connectivity index (χ4n) is 2.24. The summed E-state index contributed by atoms with van der Waals surface area (Å²) in [5.74, 6) is -0.00450. The monoisotopic (exact) mass is 294 g/mol. The Kier molecular flexibility index (Phi) is 4.38. The highest BCUT2D eigenvalue weighted by Crippen LogP contribution is 2.34. The number of nitriles is 1. The number of thioether (sulfide) groups is 1. The third-order valence-corrected chi connectivity index (χ3v) is 5.04. The van der Waals surface area contributed by atoms with Gasteiger partial charge in [-0.1, -0.05) is 17.7 Å². The van der Waals surface area contributed by atoms with Gasteiger partial charge in [0.15, 0.2) is 0 Å². The fourth-order valence-corrected chi connectivity index (χ4v) is 3.11. The second kappa shape index (κ2) is 5.85. The van der Waals surface area contributed by atoms with Gasteiger partial charge in [0.25, 0.3) is 5.91 Å². The van der Waals surface area contributed by atoms with Gasteiger partial charge in [0, 0.05) is 23.7 Å². The molecule has 1 saturated heterocycles. The van der Waals surface area contributed by atoms with E-state index in [0.717, 1.165) is 12.8 Å². The molecule has 2 rings (SSSR count). The van der Waals surface area contributed by atoms with Crippen LogP contribution in [-0.2, 0) is 0 Å². The van der Waals surface area contributed by atoms with Crippen LogP contribution in [-0.4, -0.2) is 34.9 Å². The van der Waals surface area contributed by atoms with Gasteiger partial charge in [-0.2, -0.15) is 5.26 Å². The molecule has 19 heavy (non-hydrogen) atoms. The predicted molar refractivity (Wildman–Crippen MR) is 78.4 cm³/mol. The van der Waals surface area contributed by atoms with Crippen molar-refractivity contribution in [2.75, 3.05) is 19.3 Å². The zero-order valence-electron chi connectivity index (χ0n) is 10.7. The molecule has 0 spiro atoms. The minimum atomic E-state index is -0.328. The van der Waals surface area contributed by atoms with Crippen LogP contribution in [0.4, 0.5) is 0 Å². The molecule has 0 bridgehead atoms. The molecule has 0 atom stereocenters. The SMILES string of the molecule is CSC1(C#N)CCN(C(=O)c2cccc(Cl)c2)CC1. The van der Waals surface area contributed by atoms with Crippen LogP contribution in [0, 0.1) is 11.3 Å². The van der Waals surface area contributed by atoms with E-state index in [1.54, 1.807) is 40.9 Å². The molecule has 1 aliphatic rings. The van der Waals surface area contributed by atoms with Crippen LogP contribution in [0.3, 0.4) is 0 Å². The summed E-state index contributed by atoms with van der Waals surface area (Å²) in [4.78, 5) is 14.1. The number of hydrogen-bond acceptors (Lipinski definition) is 3. The Morgan fingerprint density at radius 1 is 1.47 bits per heavy atom. The Bertz CT molecular complexity index is 518. The third kappa shape index (κ3) is 3.05. The van der Waals surface area contributed by atoms with Crippen molar-refractivity contribution in [1.29, 1.82) is 5.26 Å². The van der Waals surface area contributed by atoms with Crippen molar-refractivity contribution >= 4 is 29.3 Å². The summed E-state index contributed by atoms with van der Waals surface area (Å²) in [5.41, 5.74) is 0.612. The molecule has 1 aromatic rings.